The number of hydrogen-bond acceptors (Lipinski definition) is 6. The Bertz CT molecular complexity index is 1390. The number of ether oxygens (including phenoxy) is 1. The van der Waals surface area contributed by atoms with Gasteiger partial charge < -0.3 is 30.9 Å². The first-order valence-electron chi connectivity index (χ1n) is 11.7. The predicted molar refractivity (Wildman–Crippen MR) is 145 cm³/mol. The van der Waals surface area contributed by atoms with Crippen molar-refractivity contribution in [3.05, 3.63) is 100 Å². The summed E-state index contributed by atoms with van der Waals surface area (Å²) in [6.45, 7) is -0.214. The van der Waals surface area contributed by atoms with Crippen LogP contribution in [0.4, 0.5) is 0 Å². The van der Waals surface area contributed by atoms with Gasteiger partial charge in [0.15, 0.2) is 0 Å². The largest absolute Gasteiger partial charge is 0.508 e. The van der Waals surface area contributed by atoms with Crippen molar-refractivity contribution in [1.82, 2.24) is 16.0 Å². The molecule has 0 bridgehead atoms. The van der Waals surface area contributed by atoms with Gasteiger partial charge in [0, 0.05) is 24.7 Å². The van der Waals surface area contributed by atoms with E-state index in [2.05, 4.69) is 16.0 Å². The molecule has 0 aliphatic carbocycles. The molecule has 0 heterocycles. The summed E-state index contributed by atoms with van der Waals surface area (Å²) in [4.78, 5) is 49.0. The number of phenolic OH excluding ortho intramolecular Hbond substituents is 1. The zero-order valence-electron chi connectivity index (χ0n) is 20.8. The van der Waals surface area contributed by atoms with Crippen LogP contribution in [0.5, 0.6) is 11.5 Å². The van der Waals surface area contributed by atoms with E-state index in [4.69, 9.17) is 16.3 Å². The number of hydrogen-bond donors (Lipinski definition) is 5. The van der Waals surface area contributed by atoms with Gasteiger partial charge in [-0.15, -0.1) is 0 Å². The van der Waals surface area contributed by atoms with E-state index >= 15 is 0 Å². The highest BCUT2D eigenvalue weighted by molar-refractivity contribution is 6.34. The number of halogens is 1. The van der Waals surface area contributed by atoms with Crippen molar-refractivity contribution in [2.24, 2.45) is 0 Å². The molecule has 0 fully saturated rings. The van der Waals surface area contributed by atoms with Crippen LogP contribution >= 0.6 is 11.6 Å². The molecule has 10 nitrogen and oxygen atoms in total. The molecule has 0 radical (unpaired) electrons. The highest BCUT2D eigenvalue weighted by Gasteiger charge is 2.23. The first-order chi connectivity index (χ1) is 18.7. The molecular formula is C28H26ClN3O7. The van der Waals surface area contributed by atoms with Gasteiger partial charge in [0.2, 0.25) is 5.91 Å². The van der Waals surface area contributed by atoms with Crippen molar-refractivity contribution in [2.45, 2.75) is 12.6 Å². The molecule has 5 N–H and O–H groups in total. The van der Waals surface area contributed by atoms with Crippen molar-refractivity contribution in [3.63, 3.8) is 0 Å². The predicted octanol–water partition coefficient (Wildman–Crippen LogP) is 3.00. The van der Waals surface area contributed by atoms with E-state index in [9.17, 15) is 29.4 Å². The summed E-state index contributed by atoms with van der Waals surface area (Å²) in [7, 11) is 1.54. The van der Waals surface area contributed by atoms with Crippen LogP contribution in [0.3, 0.4) is 0 Å². The van der Waals surface area contributed by atoms with Crippen LogP contribution in [0.25, 0.3) is 6.08 Å². The first kappa shape index (κ1) is 28.7. The fraction of sp³-hybridized carbons (Fsp3) is 0.143. The summed E-state index contributed by atoms with van der Waals surface area (Å²) in [5.41, 5.74) is 1.56. The molecule has 0 saturated carbocycles. The minimum absolute atomic E-state index is 0.0434. The van der Waals surface area contributed by atoms with E-state index in [1.54, 1.807) is 49.6 Å². The smallest absolute Gasteiger partial charge is 0.328 e. The van der Waals surface area contributed by atoms with E-state index in [1.165, 1.54) is 36.4 Å². The Kier molecular flexibility index (Phi) is 10.0. The molecule has 0 saturated heterocycles. The van der Waals surface area contributed by atoms with Gasteiger partial charge in [-0.1, -0.05) is 35.9 Å². The number of benzene rings is 3. The second-order valence-electron chi connectivity index (χ2n) is 8.26. The fourth-order valence-electron chi connectivity index (χ4n) is 3.38. The minimum Gasteiger partial charge on any atom is -0.508 e. The van der Waals surface area contributed by atoms with E-state index in [0.29, 0.717) is 11.3 Å². The topological polar surface area (TPSA) is 154 Å². The molecule has 0 aliphatic heterocycles. The molecule has 3 aromatic rings. The Hall–Kier alpha value is -4.83. The Morgan fingerprint density at radius 3 is 2.36 bits per heavy atom. The molecule has 1 atom stereocenters. The van der Waals surface area contributed by atoms with Gasteiger partial charge in [0.25, 0.3) is 11.8 Å². The Morgan fingerprint density at radius 1 is 0.974 bits per heavy atom. The molecule has 0 spiro atoms. The zero-order valence-corrected chi connectivity index (χ0v) is 21.6. The van der Waals surface area contributed by atoms with E-state index < -0.39 is 29.7 Å². The number of methoxy groups -OCH3 is 1. The highest BCUT2D eigenvalue weighted by atomic mass is 35.5. The van der Waals surface area contributed by atoms with E-state index in [-0.39, 0.29) is 35.0 Å². The van der Waals surface area contributed by atoms with Crippen LogP contribution < -0.4 is 20.7 Å². The number of amides is 3. The standard InChI is InChI=1S/C28H26ClN3O7/c1-39-21-9-5-17(6-10-21)7-12-25(34)30-16-24(28(37)38)32-27(36)22-11-8-19(14-23(22)29)26(35)31-15-18-3-2-4-20(33)13-18/h2-14,24,33H,15-16H2,1H3,(H,30,34)(H,31,35)(H,32,36)(H,37,38)/t24-/m0/s1. The van der Waals surface area contributed by atoms with Gasteiger partial charge in [0.05, 0.1) is 17.7 Å². The maximum absolute atomic E-state index is 12.7. The van der Waals surface area contributed by atoms with Crippen LogP contribution in [0, 0.1) is 0 Å². The van der Waals surface area contributed by atoms with Crippen LogP contribution in [-0.4, -0.2) is 53.6 Å². The molecule has 3 amide bonds. The van der Waals surface area contributed by atoms with Gasteiger partial charge in [0.1, 0.15) is 17.5 Å². The monoisotopic (exact) mass is 551 g/mol. The molecular weight excluding hydrogens is 526 g/mol. The third-order valence-corrected chi connectivity index (χ3v) is 5.78. The highest BCUT2D eigenvalue weighted by Crippen LogP contribution is 2.19. The number of aliphatic carboxylic acids is 1. The fourth-order valence-corrected chi connectivity index (χ4v) is 3.64. The van der Waals surface area contributed by atoms with Crippen molar-refractivity contribution in [3.8, 4) is 11.5 Å². The molecule has 11 heteroatoms. The SMILES string of the molecule is COc1ccc(C=CC(=O)NC[C@H](NC(=O)c2ccc(C(=O)NCc3cccc(O)c3)cc2Cl)C(=O)O)cc1. The number of carboxylic acids is 1. The van der Waals surface area contributed by atoms with Gasteiger partial charge in [-0.2, -0.15) is 0 Å². The van der Waals surface area contributed by atoms with E-state index in [0.717, 1.165) is 5.56 Å². The van der Waals surface area contributed by atoms with Crippen LogP contribution in [-0.2, 0) is 16.1 Å². The average Bonchev–Trinajstić information content (AvgIpc) is 2.92. The molecule has 39 heavy (non-hydrogen) atoms. The second kappa shape index (κ2) is 13.6. The van der Waals surface area contributed by atoms with Crippen LogP contribution in [0.2, 0.25) is 5.02 Å². The Morgan fingerprint density at radius 2 is 1.72 bits per heavy atom. The maximum Gasteiger partial charge on any atom is 0.328 e. The van der Waals surface area contributed by atoms with Gasteiger partial charge >= 0.3 is 5.97 Å². The van der Waals surface area contributed by atoms with Crippen molar-refractivity contribution in [1.29, 1.82) is 0 Å². The third-order valence-electron chi connectivity index (χ3n) is 5.47. The summed E-state index contributed by atoms with van der Waals surface area (Å²) in [5.74, 6) is -2.42. The summed E-state index contributed by atoms with van der Waals surface area (Å²) < 4.78 is 5.07. The first-order valence-corrected chi connectivity index (χ1v) is 12.0. The number of carbonyl (C=O) groups excluding carboxylic acids is 3. The number of aromatic hydroxyl groups is 1. The number of nitrogens with one attached hydrogen (secondary N) is 3. The summed E-state index contributed by atoms with van der Waals surface area (Å²) in [6, 6.07) is 15.9. The lowest BCUT2D eigenvalue weighted by Crippen LogP contribution is -2.48. The summed E-state index contributed by atoms with van der Waals surface area (Å²) >= 11 is 6.21. The Labute approximate surface area is 229 Å². The number of carbonyl (C=O) groups is 4. The molecule has 0 unspecified atom stereocenters. The third kappa shape index (κ3) is 8.61. The minimum atomic E-state index is -1.43. The lowest BCUT2D eigenvalue weighted by Gasteiger charge is -2.16. The van der Waals surface area contributed by atoms with Gasteiger partial charge in [-0.25, -0.2) is 4.79 Å². The lowest BCUT2D eigenvalue weighted by molar-refractivity contribution is -0.139. The zero-order chi connectivity index (χ0) is 28.4. The Balaban J connectivity index is 1.56. The lowest BCUT2D eigenvalue weighted by atomic mass is 10.1. The van der Waals surface area contributed by atoms with Crippen LogP contribution in [0.1, 0.15) is 31.8 Å². The average molecular weight is 552 g/mol. The number of carboxylic acid groups (broad SMARTS) is 1. The quantitative estimate of drug-likeness (QED) is 0.229. The molecule has 202 valence electrons. The normalized spacial score (nSPS) is 11.4. The molecule has 0 aromatic heterocycles. The second-order valence-corrected chi connectivity index (χ2v) is 8.67. The van der Waals surface area contributed by atoms with E-state index in [1.807, 2.05) is 0 Å². The van der Waals surface area contributed by atoms with Crippen molar-refractivity contribution in [2.75, 3.05) is 13.7 Å². The van der Waals surface area contributed by atoms with Gasteiger partial charge in [-0.3, -0.25) is 14.4 Å². The van der Waals surface area contributed by atoms with Gasteiger partial charge in [-0.05, 0) is 59.7 Å². The summed E-state index contributed by atoms with van der Waals surface area (Å²) in [6.07, 6.45) is 2.79. The van der Waals surface area contributed by atoms with Crippen LogP contribution in [0.15, 0.2) is 72.8 Å². The number of phenols is 1. The summed E-state index contributed by atoms with van der Waals surface area (Å²) in [5, 5.41) is 26.4. The molecule has 0 aliphatic rings. The maximum atomic E-state index is 12.7. The van der Waals surface area contributed by atoms with Crippen molar-refractivity contribution >= 4 is 41.4 Å². The molecule has 3 aromatic carbocycles. The number of rotatable bonds is 11. The molecule has 3 rings (SSSR count). The van der Waals surface area contributed by atoms with Crippen molar-refractivity contribution < 1.29 is 34.1 Å².